The van der Waals surface area contributed by atoms with Gasteiger partial charge in [0.2, 0.25) is 5.88 Å². The molecule has 0 aliphatic rings. The number of aromatic amines is 4. The SMILES string of the molecule is O=C(OCc1ccccc1)C(Cc1c[nH]c2ccccc12)N(C(=O)Oc1ccc(OC(=O)N(C(Cc2c[nH]c3ccccc23)C(=O)OCc2ccccc2)C(Cc2c[nH]c3ccccc23)C(=O)OCc2ccccc2)nc1)C(Cc1c[nH]c2ccccc12)C(=O)OCc1ccccc1. The van der Waals surface area contributed by atoms with Crippen molar-refractivity contribution in [1.29, 1.82) is 0 Å². The number of hydrogen-bond acceptors (Lipinski definition) is 13. The second-order valence-corrected chi connectivity index (χ2v) is 23.6. The fourth-order valence-corrected chi connectivity index (χ4v) is 12.2. The predicted molar refractivity (Wildman–Crippen MR) is 368 cm³/mol. The third kappa shape index (κ3) is 15.2. The van der Waals surface area contributed by atoms with Crippen LogP contribution in [0.2, 0.25) is 0 Å². The fraction of sp³-hybridized carbons (Fsp3) is 0.152. The molecule has 13 rings (SSSR count). The number of amides is 2. The van der Waals surface area contributed by atoms with Crippen LogP contribution in [0, 0.1) is 0 Å². The molecule has 5 heterocycles. The molecule has 0 bridgehead atoms. The Labute approximate surface area is 562 Å². The number of fused-ring (bicyclic) bond motifs is 4. The Morgan fingerprint density at radius 3 is 0.857 bits per heavy atom. The van der Waals surface area contributed by atoms with Crippen LogP contribution in [0.3, 0.4) is 0 Å². The molecule has 19 heteroatoms. The number of nitrogens with one attached hydrogen (secondary N) is 4. The fourth-order valence-electron chi connectivity index (χ4n) is 12.2. The second kappa shape index (κ2) is 30.3. The molecule has 13 aromatic rings. The zero-order valence-electron chi connectivity index (χ0n) is 53.0. The normalized spacial score (nSPS) is 12.5. The topological polar surface area (TPSA) is 240 Å². The van der Waals surface area contributed by atoms with Gasteiger partial charge in [-0.3, -0.25) is 9.80 Å². The number of rotatable bonds is 26. The van der Waals surface area contributed by atoms with E-state index in [1.54, 1.807) is 73.3 Å². The quantitative estimate of drug-likeness (QED) is 0.0292. The Hall–Kier alpha value is -12.5. The summed E-state index contributed by atoms with van der Waals surface area (Å²) in [6, 6.07) is 62.6. The number of ether oxygens (including phenoxy) is 6. The summed E-state index contributed by atoms with van der Waals surface area (Å²) >= 11 is 0. The number of benzene rings is 8. The van der Waals surface area contributed by atoms with Crippen molar-refractivity contribution in [1.82, 2.24) is 34.7 Å². The lowest BCUT2D eigenvalue weighted by atomic mass is 9.98. The summed E-state index contributed by atoms with van der Waals surface area (Å²) in [4.78, 5) is 112. The van der Waals surface area contributed by atoms with E-state index in [9.17, 15) is 0 Å². The molecular weight excluding hydrogens is 1240 g/mol. The number of carbonyl (C=O) groups excluding carboxylic acids is 6. The summed E-state index contributed by atoms with van der Waals surface area (Å²) in [7, 11) is 0. The molecule has 4 N–H and O–H groups in total. The molecule has 0 fully saturated rings. The van der Waals surface area contributed by atoms with E-state index in [1.165, 1.54) is 12.1 Å². The maximum absolute atomic E-state index is 15.7. The summed E-state index contributed by atoms with van der Waals surface area (Å²) in [6.07, 6.45) is 5.12. The average molecular weight is 1310 g/mol. The van der Waals surface area contributed by atoms with Crippen LogP contribution in [-0.4, -0.2) is 95.0 Å². The van der Waals surface area contributed by atoms with E-state index >= 15 is 28.8 Å². The lowest BCUT2D eigenvalue weighted by molar-refractivity contribution is -0.159. The van der Waals surface area contributed by atoms with Crippen molar-refractivity contribution in [2.24, 2.45) is 0 Å². The van der Waals surface area contributed by atoms with Crippen LogP contribution in [-0.2, 0) is 90.2 Å². The zero-order chi connectivity index (χ0) is 67.2. The van der Waals surface area contributed by atoms with Crippen molar-refractivity contribution in [2.75, 3.05) is 0 Å². The van der Waals surface area contributed by atoms with E-state index in [4.69, 9.17) is 28.4 Å². The summed E-state index contributed by atoms with van der Waals surface area (Å²) in [5.74, 6) is -3.94. The maximum Gasteiger partial charge on any atom is 0.418 e. The first-order chi connectivity index (χ1) is 48.1. The smallest absolute Gasteiger partial charge is 0.418 e. The molecule has 8 aromatic carbocycles. The highest BCUT2D eigenvalue weighted by atomic mass is 16.6. The number of para-hydroxylation sites is 4. The van der Waals surface area contributed by atoms with Gasteiger partial charge in [-0.25, -0.2) is 33.8 Å². The van der Waals surface area contributed by atoms with Crippen LogP contribution >= 0.6 is 0 Å². The van der Waals surface area contributed by atoms with E-state index in [2.05, 4.69) is 24.9 Å². The van der Waals surface area contributed by atoms with Crippen LogP contribution in [0.4, 0.5) is 9.59 Å². The van der Waals surface area contributed by atoms with Crippen molar-refractivity contribution in [3.8, 4) is 11.6 Å². The Morgan fingerprint density at radius 1 is 0.316 bits per heavy atom. The standard InChI is InChI=1S/C79H67N7O12/c87-74(93-48-52-21-5-1-6-22-52)69(39-56-43-80-65-33-17-13-29-61(56)65)85(70(75(88)94-49-53-23-7-2-8-24-53)40-57-44-81-66-34-18-14-30-62(57)66)78(91)97-60-37-38-73(84-47-60)98-79(92)86(71(76(89)95-50-54-25-9-3-10-26-54)41-58-45-82-67-35-19-15-31-63(58)67)72(77(90)96-51-55-27-11-4-12-28-55)42-59-46-83-68-36-20-16-32-64(59)68/h1-38,43-47,69-72,80-83H,39-42,48-51H2. The van der Waals surface area contributed by atoms with E-state index < -0.39 is 60.2 Å². The predicted octanol–water partition coefficient (Wildman–Crippen LogP) is 14.0. The van der Waals surface area contributed by atoms with Crippen molar-refractivity contribution >= 4 is 79.7 Å². The number of H-pyrrole nitrogens is 4. The third-order valence-corrected chi connectivity index (χ3v) is 17.2. The number of nitrogens with zero attached hydrogens (tertiary/aromatic N) is 3. The summed E-state index contributed by atoms with van der Waals surface area (Å²) in [5, 5.41) is 3.04. The van der Waals surface area contributed by atoms with Gasteiger partial charge in [-0.1, -0.05) is 194 Å². The molecule has 0 aliphatic heterocycles. The number of hydrogen-bond donors (Lipinski definition) is 4. The van der Waals surface area contributed by atoms with Crippen molar-refractivity contribution in [3.05, 3.63) is 306 Å². The first kappa shape index (κ1) is 64.2. The highest BCUT2D eigenvalue weighted by Crippen LogP contribution is 2.31. The van der Waals surface area contributed by atoms with Gasteiger partial charge in [0.05, 0.1) is 6.20 Å². The van der Waals surface area contributed by atoms with Gasteiger partial charge in [-0.2, -0.15) is 0 Å². The van der Waals surface area contributed by atoms with Crippen molar-refractivity contribution in [3.63, 3.8) is 0 Å². The minimum atomic E-state index is -1.55. The lowest BCUT2D eigenvalue weighted by Gasteiger charge is -2.35. The molecule has 490 valence electrons. The number of carbonyl (C=O) groups is 6. The van der Waals surface area contributed by atoms with Crippen molar-refractivity contribution < 1.29 is 57.2 Å². The van der Waals surface area contributed by atoms with Crippen LogP contribution in [0.25, 0.3) is 43.6 Å². The summed E-state index contributed by atoms with van der Waals surface area (Å²) in [6.45, 7) is -0.682. The molecule has 4 atom stereocenters. The van der Waals surface area contributed by atoms with Gasteiger partial charge in [0.1, 0.15) is 50.6 Å². The Kier molecular flexibility index (Phi) is 19.8. The summed E-state index contributed by atoms with van der Waals surface area (Å²) in [5.41, 5.74) is 8.27. The first-order valence-electron chi connectivity index (χ1n) is 32.1. The molecule has 5 aromatic heterocycles. The minimum Gasteiger partial charge on any atom is -0.459 e. The lowest BCUT2D eigenvalue weighted by Crippen LogP contribution is -2.57. The van der Waals surface area contributed by atoms with E-state index in [0.717, 1.165) is 59.6 Å². The van der Waals surface area contributed by atoms with Gasteiger partial charge in [0.15, 0.2) is 5.75 Å². The molecule has 0 spiro atoms. The van der Waals surface area contributed by atoms with Crippen LogP contribution in [0.15, 0.2) is 262 Å². The molecular formula is C79H67N7O12. The van der Waals surface area contributed by atoms with Crippen molar-refractivity contribution in [2.45, 2.75) is 76.3 Å². The molecule has 98 heavy (non-hydrogen) atoms. The van der Waals surface area contributed by atoms with Gasteiger partial charge >= 0.3 is 36.1 Å². The van der Waals surface area contributed by atoms with Crippen LogP contribution < -0.4 is 9.47 Å². The third-order valence-electron chi connectivity index (χ3n) is 17.2. The Bertz CT molecular complexity index is 4320. The van der Waals surface area contributed by atoms with Crippen LogP contribution in [0.1, 0.15) is 44.5 Å². The number of pyridine rings is 1. The molecule has 0 saturated heterocycles. The molecule has 0 radical (unpaired) electrons. The Balaban J connectivity index is 0.873. The van der Waals surface area contributed by atoms with Gasteiger partial charge in [0.25, 0.3) is 0 Å². The van der Waals surface area contributed by atoms with E-state index in [1.807, 2.05) is 170 Å². The molecule has 2 amide bonds. The van der Waals surface area contributed by atoms with E-state index in [0.29, 0.717) is 44.5 Å². The average Bonchev–Trinajstić information content (AvgIpc) is 1.35. The van der Waals surface area contributed by atoms with Gasteiger partial charge in [-0.05, 0) is 74.8 Å². The number of esters is 4. The highest BCUT2D eigenvalue weighted by Gasteiger charge is 2.45. The minimum absolute atomic E-state index is 0.158. The summed E-state index contributed by atoms with van der Waals surface area (Å²) < 4.78 is 36.9. The largest absolute Gasteiger partial charge is 0.459 e. The second-order valence-electron chi connectivity index (χ2n) is 23.6. The molecule has 19 nitrogen and oxygen atoms in total. The van der Waals surface area contributed by atoms with Crippen LogP contribution in [0.5, 0.6) is 11.6 Å². The molecule has 0 saturated carbocycles. The zero-order valence-corrected chi connectivity index (χ0v) is 53.0. The highest BCUT2D eigenvalue weighted by molar-refractivity contribution is 5.93. The molecule has 0 aliphatic carbocycles. The Morgan fingerprint density at radius 2 is 0.582 bits per heavy atom. The maximum atomic E-state index is 15.7. The van der Waals surface area contributed by atoms with E-state index in [-0.39, 0.29) is 63.7 Å². The van der Waals surface area contributed by atoms with Gasteiger partial charge < -0.3 is 48.4 Å². The van der Waals surface area contributed by atoms with Gasteiger partial charge in [0, 0.05) is 100 Å². The first-order valence-corrected chi connectivity index (χ1v) is 32.1. The monoisotopic (exact) mass is 1310 g/mol. The molecule has 4 unspecified atom stereocenters. The number of aromatic nitrogens is 5. The van der Waals surface area contributed by atoms with Gasteiger partial charge in [-0.15, -0.1) is 0 Å².